The molecule has 8 nitrogen and oxygen atoms in total. The first-order valence-corrected chi connectivity index (χ1v) is 6.87. The fraction of sp³-hybridized carbons (Fsp3) is 0.200. The van der Waals surface area contributed by atoms with Gasteiger partial charge in [-0.2, -0.15) is 0 Å². The lowest BCUT2D eigenvalue weighted by atomic mass is 10.3. The summed E-state index contributed by atoms with van der Waals surface area (Å²) in [4.78, 5) is 18.3. The molecule has 3 rings (SSSR count). The van der Waals surface area contributed by atoms with Gasteiger partial charge < -0.3 is 13.6 Å². The predicted octanol–water partition coefficient (Wildman–Crippen LogP) is 3.17. The second kappa shape index (κ2) is 6.30. The van der Waals surface area contributed by atoms with Crippen molar-refractivity contribution in [1.82, 2.24) is 9.97 Å². The maximum absolute atomic E-state index is 10.5. The van der Waals surface area contributed by atoms with Crippen molar-refractivity contribution in [3.05, 3.63) is 58.3 Å². The summed E-state index contributed by atoms with van der Waals surface area (Å²) in [5.74, 6) is 2.01. The van der Waals surface area contributed by atoms with E-state index in [2.05, 4.69) is 9.97 Å². The van der Waals surface area contributed by atoms with Crippen LogP contribution in [0.15, 0.2) is 45.6 Å². The lowest BCUT2D eigenvalue weighted by Crippen LogP contribution is -2.04. The summed E-state index contributed by atoms with van der Waals surface area (Å²) in [7, 11) is 0. The van der Waals surface area contributed by atoms with Crippen molar-refractivity contribution in [3.63, 3.8) is 0 Å². The van der Waals surface area contributed by atoms with Crippen LogP contribution in [0.2, 0.25) is 0 Å². The summed E-state index contributed by atoms with van der Waals surface area (Å²) < 4.78 is 16.3. The van der Waals surface area contributed by atoms with Crippen LogP contribution in [0.1, 0.15) is 11.5 Å². The van der Waals surface area contributed by atoms with Crippen LogP contribution in [0.4, 0.5) is 5.69 Å². The van der Waals surface area contributed by atoms with Gasteiger partial charge in [-0.15, -0.1) is 0 Å². The van der Waals surface area contributed by atoms with Crippen LogP contribution in [0.25, 0.3) is 11.7 Å². The van der Waals surface area contributed by atoms with Crippen LogP contribution in [-0.2, 0) is 6.42 Å². The summed E-state index contributed by atoms with van der Waals surface area (Å²) in [6.07, 6.45) is 3.23. The molecule has 0 bridgehead atoms. The fourth-order valence-electron chi connectivity index (χ4n) is 1.98. The second-order valence-electron chi connectivity index (χ2n) is 4.71. The Kier molecular flexibility index (Phi) is 4.05. The van der Waals surface area contributed by atoms with E-state index in [4.69, 9.17) is 13.6 Å². The van der Waals surface area contributed by atoms with Gasteiger partial charge in [-0.1, -0.05) is 0 Å². The van der Waals surface area contributed by atoms with Crippen molar-refractivity contribution in [2.75, 3.05) is 6.61 Å². The molecule has 0 radical (unpaired) electrons. The topological polar surface area (TPSA) is 104 Å². The van der Waals surface area contributed by atoms with Crippen molar-refractivity contribution in [2.45, 2.75) is 13.3 Å². The molecule has 0 aliphatic rings. The highest BCUT2D eigenvalue weighted by atomic mass is 16.6. The number of rotatable bonds is 6. The van der Waals surface area contributed by atoms with Crippen molar-refractivity contribution in [1.29, 1.82) is 0 Å². The molecule has 118 valence electrons. The lowest BCUT2D eigenvalue weighted by molar-refractivity contribution is -0.385. The quantitative estimate of drug-likeness (QED) is 0.508. The van der Waals surface area contributed by atoms with Gasteiger partial charge in [0.15, 0.2) is 5.76 Å². The van der Waals surface area contributed by atoms with Gasteiger partial charge in [-0.25, -0.2) is 9.97 Å². The average molecular weight is 315 g/mol. The van der Waals surface area contributed by atoms with Gasteiger partial charge in [0.2, 0.25) is 5.88 Å². The Bertz CT molecular complexity index is 793. The Hall–Kier alpha value is -3.16. The Morgan fingerprint density at radius 2 is 2.22 bits per heavy atom. The first kappa shape index (κ1) is 14.8. The first-order chi connectivity index (χ1) is 11.1. The number of aryl methyl sites for hydroxylation is 1. The van der Waals surface area contributed by atoms with E-state index in [1.165, 1.54) is 12.1 Å². The number of nitro groups is 1. The molecule has 0 atom stereocenters. The molecule has 23 heavy (non-hydrogen) atoms. The van der Waals surface area contributed by atoms with E-state index in [1.807, 2.05) is 6.92 Å². The van der Waals surface area contributed by atoms with Crippen molar-refractivity contribution in [3.8, 4) is 17.5 Å². The summed E-state index contributed by atoms with van der Waals surface area (Å²) in [5, 5.41) is 10.5. The standard InChI is InChI=1S/C15H13N3O5/c1-10-12(17-15(23-10)13-3-2-7-21-13)6-8-22-14-5-4-11(9-16-14)18(19)20/h2-5,7,9H,6,8H2,1H3. The molecule has 0 N–H and O–H groups in total. The summed E-state index contributed by atoms with van der Waals surface area (Å²) in [5.41, 5.74) is 0.686. The number of aromatic nitrogens is 2. The second-order valence-corrected chi connectivity index (χ2v) is 4.71. The summed E-state index contributed by atoms with van der Waals surface area (Å²) in [6.45, 7) is 2.15. The van der Waals surface area contributed by atoms with Gasteiger partial charge in [-0.3, -0.25) is 10.1 Å². The molecule has 3 heterocycles. The zero-order chi connectivity index (χ0) is 16.2. The SMILES string of the molecule is Cc1oc(-c2ccco2)nc1CCOc1ccc([N+](=O)[O-])cn1. The molecule has 0 unspecified atom stereocenters. The monoisotopic (exact) mass is 315 g/mol. The van der Waals surface area contributed by atoms with E-state index in [9.17, 15) is 10.1 Å². The molecule has 8 heteroatoms. The molecule has 0 aliphatic heterocycles. The van der Waals surface area contributed by atoms with Gasteiger partial charge in [0.25, 0.3) is 11.6 Å². The van der Waals surface area contributed by atoms with Crippen LogP contribution >= 0.6 is 0 Å². The van der Waals surface area contributed by atoms with E-state index >= 15 is 0 Å². The molecule has 0 saturated carbocycles. The molecule has 3 aromatic heterocycles. The molecule has 0 saturated heterocycles. The zero-order valence-electron chi connectivity index (χ0n) is 12.3. The molecule has 0 spiro atoms. The number of nitrogens with zero attached hydrogens (tertiary/aromatic N) is 3. The zero-order valence-corrected chi connectivity index (χ0v) is 12.3. The number of pyridine rings is 1. The third-order valence-electron chi connectivity index (χ3n) is 3.14. The third-order valence-corrected chi connectivity index (χ3v) is 3.14. The lowest BCUT2D eigenvalue weighted by Gasteiger charge is -2.03. The highest BCUT2D eigenvalue weighted by molar-refractivity contribution is 5.44. The predicted molar refractivity (Wildman–Crippen MR) is 79.0 cm³/mol. The van der Waals surface area contributed by atoms with E-state index in [1.54, 1.807) is 18.4 Å². The van der Waals surface area contributed by atoms with Crippen LogP contribution in [0, 0.1) is 17.0 Å². The smallest absolute Gasteiger partial charge is 0.287 e. The van der Waals surface area contributed by atoms with Crippen LogP contribution in [0.3, 0.4) is 0 Å². The van der Waals surface area contributed by atoms with Gasteiger partial charge in [0.05, 0.1) is 23.5 Å². The van der Waals surface area contributed by atoms with Crippen LogP contribution in [-0.4, -0.2) is 21.5 Å². The number of oxazole rings is 1. The van der Waals surface area contributed by atoms with Crippen molar-refractivity contribution >= 4 is 5.69 Å². The minimum Gasteiger partial charge on any atom is -0.477 e. The molecular weight excluding hydrogens is 302 g/mol. The molecule has 3 aromatic rings. The summed E-state index contributed by atoms with van der Waals surface area (Å²) in [6, 6.07) is 6.34. The Balaban J connectivity index is 1.59. The number of furan rings is 1. The Labute approximate surface area is 130 Å². The van der Waals surface area contributed by atoms with E-state index in [-0.39, 0.29) is 5.69 Å². The third kappa shape index (κ3) is 3.37. The molecule has 0 aromatic carbocycles. The van der Waals surface area contributed by atoms with Crippen molar-refractivity contribution < 1.29 is 18.5 Å². The largest absolute Gasteiger partial charge is 0.477 e. The van der Waals surface area contributed by atoms with Crippen molar-refractivity contribution in [2.24, 2.45) is 0 Å². The van der Waals surface area contributed by atoms with E-state index < -0.39 is 4.92 Å². The molecule has 0 aliphatic carbocycles. The molecule has 0 fully saturated rings. The van der Waals surface area contributed by atoms with Crippen LogP contribution in [0.5, 0.6) is 5.88 Å². The highest BCUT2D eigenvalue weighted by Crippen LogP contribution is 2.22. The minimum atomic E-state index is -0.508. The first-order valence-electron chi connectivity index (χ1n) is 6.87. The maximum atomic E-state index is 10.5. The van der Waals surface area contributed by atoms with Gasteiger partial charge in [-0.05, 0) is 19.1 Å². The molecular formula is C15H13N3O5. The average Bonchev–Trinajstić information content (AvgIpc) is 3.18. The van der Waals surface area contributed by atoms with Crippen LogP contribution < -0.4 is 4.74 Å². The van der Waals surface area contributed by atoms with Gasteiger partial charge >= 0.3 is 0 Å². The summed E-state index contributed by atoms with van der Waals surface area (Å²) >= 11 is 0. The number of hydrogen-bond donors (Lipinski definition) is 0. The van der Waals surface area contributed by atoms with Gasteiger partial charge in [0, 0.05) is 18.6 Å². The maximum Gasteiger partial charge on any atom is 0.287 e. The number of ether oxygens (including phenoxy) is 1. The normalized spacial score (nSPS) is 10.7. The molecule has 0 amide bonds. The van der Waals surface area contributed by atoms with E-state index in [0.29, 0.717) is 36.3 Å². The van der Waals surface area contributed by atoms with Gasteiger partial charge in [0.1, 0.15) is 12.0 Å². The fourth-order valence-corrected chi connectivity index (χ4v) is 1.98. The number of hydrogen-bond acceptors (Lipinski definition) is 7. The van der Waals surface area contributed by atoms with E-state index in [0.717, 1.165) is 11.9 Å². The Morgan fingerprint density at radius 3 is 2.87 bits per heavy atom. The minimum absolute atomic E-state index is 0.0761. The highest BCUT2D eigenvalue weighted by Gasteiger charge is 2.13. The Morgan fingerprint density at radius 1 is 1.35 bits per heavy atom.